The van der Waals surface area contributed by atoms with Gasteiger partial charge >= 0.3 is 0 Å². The lowest BCUT2D eigenvalue weighted by Gasteiger charge is -1.90. The minimum Gasteiger partial charge on any atom is -0.282 e. The smallest absolute Gasteiger partial charge is 0.0534 e. The van der Waals surface area contributed by atoms with Crippen molar-refractivity contribution in [1.29, 1.82) is 0 Å². The number of H-pyrrole nitrogens is 1. The summed E-state index contributed by atoms with van der Waals surface area (Å²) in [4.78, 5) is 0. The lowest BCUT2D eigenvalue weighted by Crippen LogP contribution is -1.84. The molecule has 0 saturated carbocycles. The van der Waals surface area contributed by atoms with Gasteiger partial charge in [-0.25, -0.2) is 0 Å². The van der Waals surface area contributed by atoms with Gasteiger partial charge in [0, 0.05) is 11.3 Å². The van der Waals surface area contributed by atoms with Gasteiger partial charge in [-0.05, 0) is 6.42 Å². The third-order valence-electron chi connectivity index (χ3n) is 1.31. The average Bonchev–Trinajstić information content (AvgIpc) is 2.33. The first kappa shape index (κ1) is 9.79. The number of aryl methyl sites for hydroxylation is 1. The molecule has 0 bridgehead atoms. The summed E-state index contributed by atoms with van der Waals surface area (Å²) in [5.74, 6) is 0.555. The number of halogens is 2. The Morgan fingerprint density at radius 1 is 1.70 bits per heavy atom. The summed E-state index contributed by atoms with van der Waals surface area (Å²) in [6.07, 6.45) is 2.74. The first-order valence-corrected chi connectivity index (χ1v) is 3.49. The Morgan fingerprint density at radius 2 is 2.40 bits per heavy atom. The maximum atomic E-state index is 5.59. The fraction of sp³-hybridized carbons (Fsp3) is 0.500. The van der Waals surface area contributed by atoms with Gasteiger partial charge in [-0.15, -0.1) is 24.0 Å². The molecule has 0 saturated heterocycles. The van der Waals surface area contributed by atoms with E-state index >= 15 is 0 Å². The van der Waals surface area contributed by atoms with Crippen molar-refractivity contribution in [3.63, 3.8) is 0 Å². The van der Waals surface area contributed by atoms with E-state index in [-0.39, 0.29) is 12.4 Å². The highest BCUT2D eigenvalue weighted by molar-refractivity contribution is 6.17. The Hall–Kier alpha value is -0.210. The molecule has 0 aliphatic carbocycles. The molecule has 1 rings (SSSR count). The molecule has 0 fully saturated rings. The lowest BCUT2D eigenvalue weighted by molar-refractivity contribution is 0.967. The predicted molar refractivity (Wildman–Crippen MR) is 44.8 cm³/mol. The number of hydrogen-bond acceptors (Lipinski definition) is 1. The quantitative estimate of drug-likeness (QED) is 0.695. The van der Waals surface area contributed by atoms with Crippen LogP contribution in [-0.2, 0) is 12.3 Å². The summed E-state index contributed by atoms with van der Waals surface area (Å²) in [6.45, 7) is 2.07. The number of hydrogen-bond donors (Lipinski definition) is 1. The fourth-order valence-corrected chi connectivity index (χ4v) is 0.989. The molecule has 0 amide bonds. The van der Waals surface area contributed by atoms with Gasteiger partial charge in [0.1, 0.15) is 0 Å². The predicted octanol–water partition coefficient (Wildman–Crippen LogP) is 2.13. The second kappa shape index (κ2) is 4.58. The molecule has 0 unspecified atom stereocenters. The molecule has 0 aliphatic rings. The van der Waals surface area contributed by atoms with Crippen molar-refractivity contribution in [3.8, 4) is 0 Å². The zero-order valence-electron chi connectivity index (χ0n) is 5.72. The maximum Gasteiger partial charge on any atom is 0.0534 e. The topological polar surface area (TPSA) is 28.7 Å². The van der Waals surface area contributed by atoms with Crippen LogP contribution < -0.4 is 0 Å². The van der Waals surface area contributed by atoms with E-state index in [4.69, 9.17) is 11.6 Å². The van der Waals surface area contributed by atoms with Crippen LogP contribution in [0.5, 0.6) is 0 Å². The van der Waals surface area contributed by atoms with Crippen LogP contribution in [0.3, 0.4) is 0 Å². The summed E-state index contributed by atoms with van der Waals surface area (Å²) in [6, 6.07) is 0. The largest absolute Gasteiger partial charge is 0.282 e. The van der Waals surface area contributed by atoms with Gasteiger partial charge in [-0.2, -0.15) is 5.10 Å². The SMILES string of the molecule is CCc1[nH]ncc1CCl.Cl. The third-order valence-corrected chi connectivity index (χ3v) is 1.59. The monoisotopic (exact) mass is 180 g/mol. The number of rotatable bonds is 2. The second-order valence-electron chi connectivity index (χ2n) is 1.86. The summed E-state index contributed by atoms with van der Waals surface area (Å²) >= 11 is 5.59. The molecule has 1 aromatic heterocycles. The zero-order valence-corrected chi connectivity index (χ0v) is 7.30. The van der Waals surface area contributed by atoms with Gasteiger partial charge < -0.3 is 0 Å². The van der Waals surface area contributed by atoms with Crippen LogP contribution in [0, 0.1) is 0 Å². The lowest BCUT2D eigenvalue weighted by atomic mass is 10.2. The molecule has 0 aliphatic heterocycles. The van der Waals surface area contributed by atoms with Crippen molar-refractivity contribution in [2.45, 2.75) is 19.2 Å². The highest BCUT2D eigenvalue weighted by atomic mass is 35.5. The van der Waals surface area contributed by atoms with Crippen LogP contribution in [0.15, 0.2) is 6.20 Å². The van der Waals surface area contributed by atoms with Gasteiger partial charge in [-0.1, -0.05) is 6.92 Å². The van der Waals surface area contributed by atoms with Gasteiger partial charge in [0.2, 0.25) is 0 Å². The summed E-state index contributed by atoms with van der Waals surface area (Å²) in [7, 11) is 0. The van der Waals surface area contributed by atoms with Crippen LogP contribution in [-0.4, -0.2) is 10.2 Å². The Kier molecular flexibility index (Phi) is 4.49. The van der Waals surface area contributed by atoms with Crippen LogP contribution in [0.4, 0.5) is 0 Å². The first-order chi connectivity index (χ1) is 4.38. The summed E-state index contributed by atoms with van der Waals surface area (Å²) in [5.41, 5.74) is 2.25. The normalized spacial score (nSPS) is 9.00. The molecule has 10 heavy (non-hydrogen) atoms. The van der Waals surface area contributed by atoms with E-state index in [1.54, 1.807) is 6.20 Å². The Morgan fingerprint density at radius 3 is 2.80 bits per heavy atom. The molecule has 1 aromatic rings. The van der Waals surface area contributed by atoms with Gasteiger partial charge in [0.15, 0.2) is 0 Å². The van der Waals surface area contributed by atoms with Crippen LogP contribution in [0.1, 0.15) is 18.2 Å². The minimum atomic E-state index is 0. The summed E-state index contributed by atoms with van der Waals surface area (Å²) in [5, 5.41) is 6.73. The standard InChI is InChI=1S/C6H9ClN2.ClH/c1-2-6-5(3-7)4-8-9-6;/h4H,2-3H2,1H3,(H,8,9);1H. The first-order valence-electron chi connectivity index (χ1n) is 2.95. The van der Waals surface area contributed by atoms with Crippen molar-refractivity contribution >= 4 is 24.0 Å². The summed E-state index contributed by atoms with van der Waals surface area (Å²) < 4.78 is 0. The van der Waals surface area contributed by atoms with Gasteiger partial charge in [0.05, 0.1) is 12.1 Å². The van der Waals surface area contributed by atoms with E-state index in [1.165, 1.54) is 0 Å². The highest BCUT2D eigenvalue weighted by Crippen LogP contribution is 2.07. The highest BCUT2D eigenvalue weighted by Gasteiger charge is 1.98. The Bertz CT molecular complexity index is 167. The minimum absolute atomic E-state index is 0. The van der Waals surface area contributed by atoms with Crippen molar-refractivity contribution in [3.05, 3.63) is 17.5 Å². The van der Waals surface area contributed by atoms with Gasteiger partial charge in [-0.3, -0.25) is 5.10 Å². The molecule has 4 heteroatoms. The molecule has 58 valence electrons. The van der Waals surface area contributed by atoms with E-state index in [9.17, 15) is 0 Å². The zero-order chi connectivity index (χ0) is 6.69. The number of aromatic nitrogens is 2. The van der Waals surface area contributed by atoms with Crippen molar-refractivity contribution < 1.29 is 0 Å². The van der Waals surface area contributed by atoms with Crippen LogP contribution in [0.25, 0.3) is 0 Å². The van der Waals surface area contributed by atoms with Gasteiger partial charge in [0.25, 0.3) is 0 Å². The molecule has 2 nitrogen and oxygen atoms in total. The number of aromatic amines is 1. The molecule has 0 atom stereocenters. The van der Waals surface area contributed by atoms with Crippen molar-refractivity contribution in [1.82, 2.24) is 10.2 Å². The average molecular weight is 181 g/mol. The number of nitrogens with one attached hydrogen (secondary N) is 1. The molecule has 0 radical (unpaired) electrons. The van der Waals surface area contributed by atoms with E-state index in [1.807, 2.05) is 0 Å². The number of alkyl halides is 1. The molecular weight excluding hydrogens is 171 g/mol. The maximum absolute atomic E-state index is 5.59. The van der Waals surface area contributed by atoms with Crippen LogP contribution in [0.2, 0.25) is 0 Å². The Labute approximate surface area is 71.4 Å². The molecule has 1 N–H and O–H groups in total. The molecule has 0 spiro atoms. The second-order valence-corrected chi connectivity index (χ2v) is 2.13. The van der Waals surface area contributed by atoms with Crippen LogP contribution >= 0.6 is 24.0 Å². The molecule has 0 aromatic carbocycles. The molecule has 1 heterocycles. The molecular formula is C6H10Cl2N2. The van der Waals surface area contributed by atoms with E-state index < -0.39 is 0 Å². The number of nitrogens with zero attached hydrogens (tertiary/aromatic N) is 1. The fourth-order valence-electron chi connectivity index (χ4n) is 0.759. The van der Waals surface area contributed by atoms with Crippen molar-refractivity contribution in [2.75, 3.05) is 0 Å². The van der Waals surface area contributed by atoms with E-state index in [0.29, 0.717) is 5.88 Å². The van der Waals surface area contributed by atoms with E-state index in [2.05, 4.69) is 17.1 Å². The Balaban J connectivity index is 0.000000810. The van der Waals surface area contributed by atoms with E-state index in [0.717, 1.165) is 17.7 Å². The van der Waals surface area contributed by atoms with Crippen molar-refractivity contribution in [2.24, 2.45) is 0 Å². The third kappa shape index (κ3) is 1.89.